The number of hydrogen-bond acceptors (Lipinski definition) is 4. The zero-order chi connectivity index (χ0) is 28.3. The molecule has 7 nitrogen and oxygen atoms in total. The molecule has 2 unspecified atom stereocenters. The Morgan fingerprint density at radius 1 is 1.05 bits per heavy atom. The van der Waals surface area contributed by atoms with Crippen LogP contribution in [-0.2, 0) is 16.1 Å². The maximum Gasteiger partial charge on any atom is 0.317 e. The van der Waals surface area contributed by atoms with Gasteiger partial charge in [0.1, 0.15) is 0 Å². The van der Waals surface area contributed by atoms with Gasteiger partial charge in [-0.1, -0.05) is 36.4 Å². The maximum absolute atomic E-state index is 14.1. The molecule has 214 valence electrons. The monoisotopic (exact) mass is 545 g/mol. The van der Waals surface area contributed by atoms with Gasteiger partial charge in [0.2, 0.25) is 5.91 Å². The minimum atomic E-state index is 0.0111. The molecule has 3 fully saturated rings. The van der Waals surface area contributed by atoms with Gasteiger partial charge in [0.15, 0.2) is 5.78 Å². The predicted molar refractivity (Wildman–Crippen MR) is 157 cm³/mol. The predicted octanol–water partition coefficient (Wildman–Crippen LogP) is 5.93. The molecule has 2 aromatic rings. The van der Waals surface area contributed by atoms with Crippen LogP contribution in [0.2, 0.25) is 0 Å². The van der Waals surface area contributed by atoms with Crippen LogP contribution in [0.25, 0.3) is 0 Å². The third-order valence-electron chi connectivity index (χ3n) is 9.01. The van der Waals surface area contributed by atoms with Crippen LogP contribution < -0.4 is 10.2 Å². The highest BCUT2D eigenvalue weighted by Gasteiger charge is 2.58. The average Bonchev–Trinajstić information content (AvgIpc) is 3.72. The number of rotatable bonds is 7. The Labute approximate surface area is 238 Å². The standard InChI is InChI=1S/C33H43N3O4/c1-23(2)34-32(39)35-16-12-27(13-17-35)28-6-4-7-29(20-28)36(22-25-8-10-26(11-9-25)24(3)37)31(38)30-21-33(30)14-5-18-40-19-15-33/h4,6-11,20,23,27,30H,5,12-19,21-22H2,1-3H3,(H,34,39). The van der Waals surface area contributed by atoms with E-state index < -0.39 is 0 Å². The summed E-state index contributed by atoms with van der Waals surface area (Å²) in [5.41, 5.74) is 3.90. The van der Waals surface area contributed by atoms with E-state index in [1.165, 1.54) is 5.56 Å². The molecule has 1 spiro atoms. The molecule has 3 amide bonds. The van der Waals surface area contributed by atoms with Crippen LogP contribution in [0.4, 0.5) is 10.5 Å². The highest BCUT2D eigenvalue weighted by Crippen LogP contribution is 2.60. The van der Waals surface area contributed by atoms with Crippen LogP contribution in [0.1, 0.15) is 86.7 Å². The van der Waals surface area contributed by atoms with E-state index in [2.05, 4.69) is 23.5 Å². The molecule has 0 aromatic heterocycles. The van der Waals surface area contributed by atoms with Crippen molar-refractivity contribution in [3.63, 3.8) is 0 Å². The van der Waals surface area contributed by atoms with E-state index in [9.17, 15) is 14.4 Å². The van der Waals surface area contributed by atoms with E-state index >= 15 is 0 Å². The van der Waals surface area contributed by atoms with Crippen molar-refractivity contribution in [3.05, 3.63) is 65.2 Å². The van der Waals surface area contributed by atoms with Gasteiger partial charge in [0, 0.05) is 49.5 Å². The van der Waals surface area contributed by atoms with Crippen molar-refractivity contribution in [2.24, 2.45) is 11.3 Å². The summed E-state index contributed by atoms with van der Waals surface area (Å²) in [6.45, 7) is 8.98. The van der Waals surface area contributed by atoms with E-state index in [0.29, 0.717) is 18.0 Å². The molecule has 7 heteroatoms. The minimum Gasteiger partial charge on any atom is -0.381 e. The number of amides is 3. The number of carbonyl (C=O) groups excluding carboxylic acids is 3. The van der Waals surface area contributed by atoms with E-state index in [-0.39, 0.29) is 35.1 Å². The lowest BCUT2D eigenvalue weighted by molar-refractivity contribution is -0.120. The van der Waals surface area contributed by atoms with E-state index in [4.69, 9.17) is 4.74 Å². The Bertz CT molecular complexity index is 1210. The largest absolute Gasteiger partial charge is 0.381 e. The lowest BCUT2D eigenvalue weighted by Crippen LogP contribution is -2.46. The molecule has 1 aliphatic carbocycles. The molecular formula is C33H43N3O4. The summed E-state index contributed by atoms with van der Waals surface area (Å²) >= 11 is 0. The summed E-state index contributed by atoms with van der Waals surface area (Å²) in [6, 6.07) is 16.2. The summed E-state index contributed by atoms with van der Waals surface area (Å²) in [5, 5.41) is 3.00. The topological polar surface area (TPSA) is 79.0 Å². The number of nitrogens with one attached hydrogen (secondary N) is 1. The first kappa shape index (κ1) is 28.3. The zero-order valence-electron chi connectivity index (χ0n) is 24.2. The van der Waals surface area contributed by atoms with Gasteiger partial charge < -0.3 is 19.9 Å². The molecule has 3 aliphatic rings. The lowest BCUT2D eigenvalue weighted by atomic mass is 9.89. The third kappa shape index (κ3) is 6.41. The van der Waals surface area contributed by atoms with Gasteiger partial charge in [-0.05, 0) is 93.9 Å². The van der Waals surface area contributed by atoms with Crippen LogP contribution >= 0.6 is 0 Å². The van der Waals surface area contributed by atoms with Crippen molar-refractivity contribution in [1.29, 1.82) is 0 Å². The second-order valence-corrected chi connectivity index (χ2v) is 12.2. The van der Waals surface area contributed by atoms with Gasteiger partial charge in [-0.25, -0.2) is 4.79 Å². The SMILES string of the molecule is CC(=O)c1ccc(CN(C(=O)C2CC23CCCOCC3)c2cccc(C3CCN(C(=O)NC(C)C)CC3)c2)cc1. The average molecular weight is 546 g/mol. The molecule has 2 heterocycles. The number of Topliss-reactive ketones (excluding diaryl/α,β-unsaturated/α-hetero) is 1. The number of hydrogen-bond donors (Lipinski definition) is 1. The first-order valence-electron chi connectivity index (χ1n) is 14.9. The highest BCUT2D eigenvalue weighted by molar-refractivity contribution is 5.97. The van der Waals surface area contributed by atoms with Crippen LogP contribution in [-0.4, -0.2) is 55.0 Å². The molecule has 2 aliphatic heterocycles. The molecule has 0 bridgehead atoms. The minimum absolute atomic E-state index is 0.0111. The number of likely N-dealkylation sites (tertiary alicyclic amines) is 1. The number of urea groups is 1. The van der Waals surface area contributed by atoms with E-state index in [1.807, 2.05) is 54.0 Å². The molecular weight excluding hydrogens is 502 g/mol. The Hall–Kier alpha value is -3.19. The quantitative estimate of drug-likeness (QED) is 0.438. The number of ether oxygens (including phenoxy) is 1. The second kappa shape index (κ2) is 12.1. The van der Waals surface area contributed by atoms with E-state index in [1.54, 1.807) is 6.92 Å². The van der Waals surface area contributed by atoms with Crippen molar-refractivity contribution in [2.45, 2.75) is 77.8 Å². The molecule has 1 N–H and O–H groups in total. The molecule has 2 aromatic carbocycles. The van der Waals surface area contributed by atoms with E-state index in [0.717, 1.165) is 76.1 Å². The Morgan fingerprint density at radius 2 is 1.80 bits per heavy atom. The van der Waals surface area contributed by atoms with Crippen molar-refractivity contribution in [1.82, 2.24) is 10.2 Å². The molecule has 1 saturated carbocycles. The van der Waals surface area contributed by atoms with Gasteiger partial charge in [0.05, 0.1) is 6.54 Å². The van der Waals surface area contributed by atoms with Gasteiger partial charge in [-0.2, -0.15) is 0 Å². The molecule has 2 saturated heterocycles. The first-order chi connectivity index (χ1) is 19.3. The summed E-state index contributed by atoms with van der Waals surface area (Å²) < 4.78 is 5.71. The molecule has 2 atom stereocenters. The molecule has 0 radical (unpaired) electrons. The van der Waals surface area contributed by atoms with Gasteiger partial charge in [0.25, 0.3) is 0 Å². The van der Waals surface area contributed by atoms with Crippen LogP contribution in [0.5, 0.6) is 0 Å². The number of benzene rings is 2. The summed E-state index contributed by atoms with van der Waals surface area (Å²) in [6.07, 6.45) is 5.76. The fourth-order valence-electron chi connectivity index (χ4n) is 6.49. The van der Waals surface area contributed by atoms with Crippen molar-refractivity contribution < 1.29 is 19.1 Å². The first-order valence-corrected chi connectivity index (χ1v) is 14.9. The number of carbonyl (C=O) groups is 3. The number of anilines is 1. The fourth-order valence-corrected chi connectivity index (χ4v) is 6.49. The van der Waals surface area contributed by atoms with Crippen molar-refractivity contribution >= 4 is 23.4 Å². The maximum atomic E-state index is 14.1. The van der Waals surface area contributed by atoms with Crippen LogP contribution in [0, 0.1) is 11.3 Å². The summed E-state index contributed by atoms with van der Waals surface area (Å²) in [7, 11) is 0. The second-order valence-electron chi connectivity index (χ2n) is 12.2. The normalized spacial score (nSPS) is 23.1. The molecule has 40 heavy (non-hydrogen) atoms. The smallest absolute Gasteiger partial charge is 0.317 e. The van der Waals surface area contributed by atoms with Crippen LogP contribution in [0.3, 0.4) is 0 Å². The fraction of sp³-hybridized carbons (Fsp3) is 0.545. The highest BCUT2D eigenvalue weighted by atomic mass is 16.5. The third-order valence-corrected chi connectivity index (χ3v) is 9.01. The Balaban J connectivity index is 1.35. The van der Waals surface area contributed by atoms with Gasteiger partial charge in [-0.3, -0.25) is 9.59 Å². The summed E-state index contributed by atoms with van der Waals surface area (Å²) in [5.74, 6) is 0.600. The van der Waals surface area contributed by atoms with Crippen molar-refractivity contribution in [2.75, 3.05) is 31.2 Å². The Morgan fingerprint density at radius 3 is 2.50 bits per heavy atom. The Kier molecular flexibility index (Phi) is 8.60. The number of ketones is 1. The lowest BCUT2D eigenvalue weighted by Gasteiger charge is -2.33. The van der Waals surface area contributed by atoms with Crippen molar-refractivity contribution in [3.8, 4) is 0 Å². The number of nitrogens with zero attached hydrogens (tertiary/aromatic N) is 2. The van der Waals surface area contributed by atoms with Crippen LogP contribution in [0.15, 0.2) is 48.5 Å². The van der Waals surface area contributed by atoms with Gasteiger partial charge >= 0.3 is 6.03 Å². The molecule has 5 rings (SSSR count). The summed E-state index contributed by atoms with van der Waals surface area (Å²) in [4.78, 5) is 42.3. The van der Waals surface area contributed by atoms with Gasteiger partial charge in [-0.15, -0.1) is 0 Å². The zero-order valence-corrected chi connectivity index (χ0v) is 24.2. The number of piperidine rings is 1.